The Kier molecular flexibility index (Phi) is 2.36. The molecule has 0 saturated heterocycles. The van der Waals surface area contributed by atoms with E-state index >= 15 is 0 Å². The number of rotatable bonds is 1. The van der Waals surface area contributed by atoms with E-state index < -0.39 is 0 Å². The van der Waals surface area contributed by atoms with Gasteiger partial charge in [0.25, 0.3) is 0 Å². The van der Waals surface area contributed by atoms with Crippen molar-refractivity contribution in [3.63, 3.8) is 0 Å². The van der Waals surface area contributed by atoms with Crippen LogP contribution in [0.3, 0.4) is 0 Å². The zero-order valence-electron chi connectivity index (χ0n) is 8.16. The minimum atomic E-state index is 0.336. The van der Waals surface area contributed by atoms with Crippen LogP contribution in [0.5, 0.6) is 0 Å². The first kappa shape index (κ1) is 8.75. The summed E-state index contributed by atoms with van der Waals surface area (Å²) in [6.45, 7) is 3.09. The van der Waals surface area contributed by atoms with Gasteiger partial charge in [0, 0.05) is 24.7 Å². The van der Waals surface area contributed by atoms with Gasteiger partial charge >= 0.3 is 0 Å². The third-order valence-corrected chi connectivity index (χ3v) is 2.81. The molecule has 1 atom stereocenters. The van der Waals surface area contributed by atoms with Crippen molar-refractivity contribution in [2.45, 2.75) is 45.2 Å². The Hall–Kier alpha value is -0.830. The topological polar surface area (TPSA) is 43.8 Å². The van der Waals surface area contributed by atoms with E-state index in [0.29, 0.717) is 6.04 Å². The van der Waals surface area contributed by atoms with Gasteiger partial charge in [0.05, 0.1) is 6.20 Å². The largest absolute Gasteiger partial charge is 0.327 e. The van der Waals surface area contributed by atoms with Crippen molar-refractivity contribution in [1.82, 2.24) is 9.78 Å². The summed E-state index contributed by atoms with van der Waals surface area (Å²) >= 11 is 0. The second-order valence-corrected chi connectivity index (χ2v) is 3.79. The van der Waals surface area contributed by atoms with Crippen LogP contribution in [-0.4, -0.2) is 15.8 Å². The first-order valence-electron chi connectivity index (χ1n) is 5.10. The van der Waals surface area contributed by atoms with Gasteiger partial charge in [-0.25, -0.2) is 0 Å². The van der Waals surface area contributed by atoms with Gasteiger partial charge in [0.15, 0.2) is 0 Å². The van der Waals surface area contributed by atoms with E-state index in [4.69, 9.17) is 5.73 Å². The lowest BCUT2D eigenvalue weighted by atomic mass is 10.1. The average molecular weight is 179 g/mol. The minimum absolute atomic E-state index is 0.336. The van der Waals surface area contributed by atoms with Crippen molar-refractivity contribution in [3.05, 3.63) is 17.5 Å². The number of nitrogens with two attached hydrogens (primary N) is 1. The molecule has 0 radical (unpaired) electrons. The number of nitrogens with zero attached hydrogens (tertiary/aromatic N) is 2. The summed E-state index contributed by atoms with van der Waals surface area (Å²) < 4.78 is 2.08. The van der Waals surface area contributed by atoms with Crippen molar-refractivity contribution < 1.29 is 0 Å². The fraction of sp³-hybridized carbons (Fsp3) is 0.700. The van der Waals surface area contributed by atoms with Gasteiger partial charge in [-0.3, -0.25) is 4.68 Å². The van der Waals surface area contributed by atoms with Crippen molar-refractivity contribution in [3.8, 4) is 0 Å². The number of aromatic nitrogens is 2. The standard InChI is InChI=1S/C10H17N3/c1-2-13-10-6-9(11)5-3-4-8(10)7-12-13/h7,9H,2-6,11H2,1H3/t9-/m1/s1. The first-order valence-corrected chi connectivity index (χ1v) is 5.10. The molecule has 0 aliphatic heterocycles. The number of hydrogen-bond donors (Lipinski definition) is 1. The lowest BCUT2D eigenvalue weighted by molar-refractivity contribution is 0.558. The maximum absolute atomic E-state index is 5.99. The third-order valence-electron chi connectivity index (χ3n) is 2.81. The molecule has 0 unspecified atom stereocenters. The molecular formula is C10H17N3. The van der Waals surface area contributed by atoms with Crippen molar-refractivity contribution >= 4 is 0 Å². The lowest BCUT2D eigenvalue weighted by Crippen LogP contribution is -2.23. The monoisotopic (exact) mass is 179 g/mol. The quantitative estimate of drug-likeness (QED) is 0.656. The van der Waals surface area contributed by atoms with Crippen LogP contribution in [-0.2, 0) is 19.4 Å². The summed E-state index contributed by atoms with van der Waals surface area (Å²) in [6, 6.07) is 0.336. The van der Waals surface area contributed by atoms with E-state index in [1.54, 1.807) is 0 Å². The molecule has 72 valence electrons. The van der Waals surface area contributed by atoms with E-state index in [0.717, 1.165) is 25.8 Å². The van der Waals surface area contributed by atoms with E-state index in [1.807, 2.05) is 6.20 Å². The molecule has 1 aliphatic rings. The first-order chi connectivity index (χ1) is 6.31. The Balaban J connectivity index is 2.32. The lowest BCUT2D eigenvalue weighted by Gasteiger charge is -2.09. The van der Waals surface area contributed by atoms with Crippen LogP contribution >= 0.6 is 0 Å². The zero-order chi connectivity index (χ0) is 9.26. The summed E-state index contributed by atoms with van der Waals surface area (Å²) in [4.78, 5) is 0. The van der Waals surface area contributed by atoms with E-state index in [1.165, 1.54) is 17.7 Å². The molecule has 0 amide bonds. The zero-order valence-corrected chi connectivity index (χ0v) is 8.16. The van der Waals surface area contributed by atoms with E-state index in [9.17, 15) is 0 Å². The van der Waals surface area contributed by atoms with Crippen LogP contribution in [0.1, 0.15) is 31.0 Å². The molecule has 13 heavy (non-hydrogen) atoms. The van der Waals surface area contributed by atoms with Gasteiger partial charge < -0.3 is 5.73 Å². The van der Waals surface area contributed by atoms with E-state index in [2.05, 4.69) is 16.7 Å². The smallest absolute Gasteiger partial charge is 0.0524 e. The fourth-order valence-electron chi connectivity index (χ4n) is 2.07. The van der Waals surface area contributed by atoms with Gasteiger partial charge in [-0.15, -0.1) is 0 Å². The van der Waals surface area contributed by atoms with Gasteiger partial charge in [0.2, 0.25) is 0 Å². The molecule has 3 heteroatoms. The fourth-order valence-corrected chi connectivity index (χ4v) is 2.07. The number of hydrogen-bond acceptors (Lipinski definition) is 2. The second kappa shape index (κ2) is 3.50. The Labute approximate surface area is 78.9 Å². The maximum atomic E-state index is 5.99. The Morgan fingerprint density at radius 1 is 1.69 bits per heavy atom. The molecule has 1 aromatic heterocycles. The molecule has 1 aliphatic carbocycles. The highest BCUT2D eigenvalue weighted by Gasteiger charge is 2.17. The molecular weight excluding hydrogens is 162 g/mol. The summed E-state index contributed by atoms with van der Waals surface area (Å²) in [7, 11) is 0. The third kappa shape index (κ3) is 1.61. The van der Waals surface area contributed by atoms with Crippen LogP contribution in [0.25, 0.3) is 0 Å². The normalized spacial score (nSPS) is 22.5. The van der Waals surface area contributed by atoms with E-state index in [-0.39, 0.29) is 0 Å². The molecule has 2 N–H and O–H groups in total. The molecule has 0 bridgehead atoms. The number of fused-ring (bicyclic) bond motifs is 1. The SMILES string of the molecule is CCn1ncc2c1C[C@H](N)CCC2. The molecule has 2 rings (SSSR count). The summed E-state index contributed by atoms with van der Waals surface area (Å²) in [5.74, 6) is 0. The highest BCUT2D eigenvalue weighted by Crippen LogP contribution is 2.19. The van der Waals surface area contributed by atoms with Crippen molar-refractivity contribution in [2.24, 2.45) is 5.73 Å². The van der Waals surface area contributed by atoms with Gasteiger partial charge in [0.1, 0.15) is 0 Å². The molecule has 0 fully saturated rings. The maximum Gasteiger partial charge on any atom is 0.0524 e. The predicted molar refractivity (Wildman–Crippen MR) is 52.5 cm³/mol. The summed E-state index contributed by atoms with van der Waals surface area (Å²) in [5.41, 5.74) is 8.77. The van der Waals surface area contributed by atoms with Gasteiger partial charge in [-0.05, 0) is 31.7 Å². The molecule has 1 aromatic rings. The Morgan fingerprint density at radius 3 is 3.31 bits per heavy atom. The molecule has 0 aromatic carbocycles. The van der Waals surface area contributed by atoms with Crippen LogP contribution < -0.4 is 5.73 Å². The van der Waals surface area contributed by atoms with Crippen LogP contribution in [0, 0.1) is 0 Å². The molecule has 1 heterocycles. The second-order valence-electron chi connectivity index (χ2n) is 3.79. The van der Waals surface area contributed by atoms with Gasteiger partial charge in [-0.2, -0.15) is 5.10 Å². The summed E-state index contributed by atoms with van der Waals surface area (Å²) in [6.07, 6.45) is 6.53. The van der Waals surface area contributed by atoms with Gasteiger partial charge in [-0.1, -0.05) is 0 Å². The molecule has 0 saturated carbocycles. The van der Waals surface area contributed by atoms with Crippen molar-refractivity contribution in [2.75, 3.05) is 0 Å². The molecule has 3 nitrogen and oxygen atoms in total. The van der Waals surface area contributed by atoms with Crippen LogP contribution in [0.2, 0.25) is 0 Å². The minimum Gasteiger partial charge on any atom is -0.327 e. The van der Waals surface area contributed by atoms with Crippen LogP contribution in [0.15, 0.2) is 6.20 Å². The Morgan fingerprint density at radius 2 is 2.54 bits per heavy atom. The van der Waals surface area contributed by atoms with Crippen molar-refractivity contribution in [1.29, 1.82) is 0 Å². The number of aryl methyl sites for hydroxylation is 2. The predicted octanol–water partition coefficient (Wildman–Crippen LogP) is 1.11. The molecule has 0 spiro atoms. The Bertz CT molecular complexity index is 290. The average Bonchev–Trinajstić information content (AvgIpc) is 2.39. The highest BCUT2D eigenvalue weighted by molar-refractivity contribution is 5.20. The van der Waals surface area contributed by atoms with Crippen LogP contribution in [0.4, 0.5) is 0 Å². The highest BCUT2D eigenvalue weighted by atomic mass is 15.3. The summed E-state index contributed by atoms with van der Waals surface area (Å²) in [5, 5.41) is 4.35.